The number of hydrogen-bond donors (Lipinski definition) is 3. The Morgan fingerprint density at radius 3 is 2.68 bits per heavy atom. The molecule has 0 radical (unpaired) electrons. The average molecular weight is 439 g/mol. The Kier molecular flexibility index (Phi) is 10.6. The largest absolute Gasteiger partial charge is 0.486 e. The maximum Gasteiger partial charge on any atom is 0.220 e. The zero-order valence-corrected chi connectivity index (χ0v) is 18.0. The summed E-state index contributed by atoms with van der Waals surface area (Å²) in [5.74, 6) is 1.26. The van der Waals surface area contributed by atoms with E-state index >= 15 is 0 Å². The third-order valence-corrected chi connectivity index (χ3v) is 5.85. The highest BCUT2D eigenvalue weighted by Crippen LogP contribution is 2.33. The summed E-state index contributed by atoms with van der Waals surface area (Å²) in [6, 6.07) is 4.96. The molecule has 1 aromatic carbocycles. The molecule has 0 bridgehead atoms. The van der Waals surface area contributed by atoms with Crippen molar-refractivity contribution in [1.82, 2.24) is 10.2 Å². The third-order valence-electron chi connectivity index (χ3n) is 5.85. The van der Waals surface area contributed by atoms with Crippen molar-refractivity contribution in [3.05, 3.63) is 23.8 Å². The van der Waals surface area contributed by atoms with Gasteiger partial charge in [0.15, 0.2) is 11.5 Å². The number of hydrogen-bond acceptors (Lipinski definition) is 6. The predicted octanol–water partition coefficient (Wildman–Crippen LogP) is 3.29. The van der Waals surface area contributed by atoms with Gasteiger partial charge in [0.2, 0.25) is 5.91 Å². The SMILES string of the molecule is C.CCCCCCCC(=O)N[C@H](CN1CC[C@H](O)C1)[C@H](O)c1ccc2c(c1)OCCO2.[HH]. The first-order valence-corrected chi connectivity index (χ1v) is 11.3. The zero-order valence-electron chi connectivity index (χ0n) is 18.0. The van der Waals surface area contributed by atoms with Gasteiger partial charge in [-0.3, -0.25) is 9.69 Å². The van der Waals surface area contributed by atoms with Crippen molar-refractivity contribution in [3.63, 3.8) is 0 Å². The number of β-amino-alcohol motifs (C(OH)–C–C–N with tert-alkyl or cyclic N) is 1. The minimum atomic E-state index is -0.873. The van der Waals surface area contributed by atoms with Gasteiger partial charge in [-0.1, -0.05) is 46.1 Å². The van der Waals surface area contributed by atoms with Gasteiger partial charge in [0.1, 0.15) is 19.3 Å². The summed E-state index contributed by atoms with van der Waals surface area (Å²) in [7, 11) is 0. The Morgan fingerprint density at radius 1 is 1.23 bits per heavy atom. The quantitative estimate of drug-likeness (QED) is 0.459. The van der Waals surface area contributed by atoms with Gasteiger partial charge in [-0.15, -0.1) is 0 Å². The molecular formula is C24H42N2O5. The summed E-state index contributed by atoms with van der Waals surface area (Å²) in [5, 5.41) is 24.0. The second kappa shape index (κ2) is 12.9. The monoisotopic (exact) mass is 438 g/mol. The van der Waals surface area contributed by atoms with Crippen LogP contribution in [0.5, 0.6) is 11.5 Å². The third kappa shape index (κ3) is 7.66. The lowest BCUT2D eigenvalue weighted by Gasteiger charge is -2.29. The minimum absolute atomic E-state index is 0. The fraction of sp³-hybridized carbons (Fsp3) is 0.708. The van der Waals surface area contributed by atoms with Crippen molar-refractivity contribution in [2.24, 2.45) is 0 Å². The molecule has 178 valence electrons. The molecule has 0 aliphatic carbocycles. The minimum Gasteiger partial charge on any atom is -0.486 e. The van der Waals surface area contributed by atoms with Crippen LogP contribution in [0, 0.1) is 0 Å². The molecule has 31 heavy (non-hydrogen) atoms. The van der Waals surface area contributed by atoms with Crippen LogP contribution in [0.2, 0.25) is 0 Å². The molecule has 0 saturated carbocycles. The Bertz CT molecular complexity index is 690. The van der Waals surface area contributed by atoms with Crippen LogP contribution in [-0.4, -0.2) is 66.0 Å². The van der Waals surface area contributed by atoms with Crippen molar-refractivity contribution in [3.8, 4) is 11.5 Å². The number of carbonyl (C=O) groups excluding carboxylic acids is 1. The molecule has 7 nitrogen and oxygen atoms in total. The lowest BCUT2D eigenvalue weighted by molar-refractivity contribution is -0.123. The highest BCUT2D eigenvalue weighted by molar-refractivity contribution is 5.76. The Balaban J connectivity index is 0.00000256. The number of carbonyl (C=O) groups is 1. The topological polar surface area (TPSA) is 91.3 Å². The number of likely N-dealkylation sites (tertiary alicyclic amines) is 1. The van der Waals surface area contributed by atoms with Gasteiger partial charge in [-0.25, -0.2) is 0 Å². The molecule has 1 aromatic rings. The molecule has 2 aliphatic heterocycles. The number of benzene rings is 1. The van der Waals surface area contributed by atoms with Crippen LogP contribution in [0.3, 0.4) is 0 Å². The van der Waals surface area contributed by atoms with Crippen molar-refractivity contribution in [2.75, 3.05) is 32.8 Å². The molecule has 2 heterocycles. The van der Waals surface area contributed by atoms with Gasteiger partial charge in [-0.2, -0.15) is 0 Å². The zero-order chi connectivity index (χ0) is 21.3. The highest BCUT2D eigenvalue weighted by Gasteiger charge is 2.29. The first kappa shape index (κ1) is 25.4. The molecule has 7 heteroatoms. The molecule has 3 rings (SSSR count). The fourth-order valence-electron chi connectivity index (χ4n) is 4.12. The number of unbranched alkanes of at least 4 members (excludes halogenated alkanes) is 4. The van der Waals surface area contributed by atoms with E-state index in [0.717, 1.165) is 32.2 Å². The molecular weight excluding hydrogens is 396 g/mol. The van der Waals surface area contributed by atoms with Gasteiger partial charge < -0.3 is 25.0 Å². The van der Waals surface area contributed by atoms with Crippen LogP contribution >= 0.6 is 0 Å². The molecule has 0 spiro atoms. The summed E-state index contributed by atoms with van der Waals surface area (Å²) in [4.78, 5) is 14.7. The van der Waals surface area contributed by atoms with Crippen molar-refractivity contribution < 1.29 is 25.9 Å². The second-order valence-electron chi connectivity index (χ2n) is 8.39. The lowest BCUT2D eigenvalue weighted by Crippen LogP contribution is -2.47. The van der Waals surface area contributed by atoms with E-state index in [1.165, 1.54) is 12.8 Å². The van der Waals surface area contributed by atoms with Gasteiger partial charge in [-0.05, 0) is 30.5 Å². The average Bonchev–Trinajstić information content (AvgIpc) is 3.17. The molecule has 1 amide bonds. The van der Waals surface area contributed by atoms with E-state index in [9.17, 15) is 15.0 Å². The Labute approximate surface area is 188 Å². The maximum atomic E-state index is 12.6. The molecule has 1 fully saturated rings. The van der Waals surface area contributed by atoms with Crippen LogP contribution in [0.25, 0.3) is 0 Å². The standard InChI is InChI=1S/C23H36N2O5.CH4.H2/c1-2-3-4-5-6-7-22(27)24-19(16-25-11-10-18(26)15-25)23(28)17-8-9-20-21(14-17)30-13-12-29-20;;/h8-9,14,18-19,23,26,28H,2-7,10-13,15-16H2,1H3,(H,24,27);1H4;1H/t18-,19+,23+;;/m0../s1. The normalized spacial score (nSPS) is 20.0. The number of fused-ring (bicyclic) bond motifs is 1. The number of nitrogens with one attached hydrogen (secondary N) is 1. The number of nitrogens with zero attached hydrogens (tertiary/aromatic N) is 1. The van der Waals surface area contributed by atoms with Crippen LogP contribution < -0.4 is 14.8 Å². The van der Waals surface area contributed by atoms with E-state index in [1.807, 2.05) is 6.07 Å². The van der Waals surface area contributed by atoms with Crippen LogP contribution in [0.1, 0.15) is 72.4 Å². The molecule has 3 N–H and O–H groups in total. The Hall–Kier alpha value is -1.83. The van der Waals surface area contributed by atoms with Crippen molar-refractivity contribution >= 4 is 5.91 Å². The smallest absolute Gasteiger partial charge is 0.220 e. The van der Waals surface area contributed by atoms with Gasteiger partial charge in [0.05, 0.1) is 12.1 Å². The summed E-state index contributed by atoms with van der Waals surface area (Å²) < 4.78 is 11.2. The molecule has 2 aliphatic rings. The summed E-state index contributed by atoms with van der Waals surface area (Å²) in [5.41, 5.74) is 0.687. The predicted molar refractivity (Wildman–Crippen MR) is 124 cm³/mol. The highest BCUT2D eigenvalue weighted by atomic mass is 16.6. The fourth-order valence-corrected chi connectivity index (χ4v) is 4.12. The van der Waals surface area contributed by atoms with Crippen LogP contribution in [0.4, 0.5) is 0 Å². The summed E-state index contributed by atoms with van der Waals surface area (Å²) in [6.45, 7) is 5.00. The maximum absolute atomic E-state index is 12.6. The van der Waals surface area contributed by atoms with Crippen molar-refractivity contribution in [1.29, 1.82) is 0 Å². The Morgan fingerprint density at radius 2 is 1.97 bits per heavy atom. The number of ether oxygens (including phenoxy) is 2. The van der Waals surface area contributed by atoms with Crippen molar-refractivity contribution in [2.45, 2.75) is 77.5 Å². The molecule has 3 atom stereocenters. The van der Waals surface area contributed by atoms with Gasteiger partial charge in [0.25, 0.3) is 0 Å². The number of aliphatic hydroxyl groups is 2. The van der Waals surface area contributed by atoms with Crippen LogP contribution in [0.15, 0.2) is 18.2 Å². The first-order chi connectivity index (χ1) is 14.6. The number of rotatable bonds is 11. The number of amides is 1. The van der Waals surface area contributed by atoms with Gasteiger partial charge in [0, 0.05) is 27.5 Å². The molecule has 0 aromatic heterocycles. The summed E-state index contributed by atoms with van der Waals surface area (Å²) in [6.07, 6.45) is 5.42. The van der Waals surface area contributed by atoms with E-state index in [-0.39, 0.29) is 20.9 Å². The van der Waals surface area contributed by atoms with Crippen LogP contribution in [-0.2, 0) is 4.79 Å². The second-order valence-corrected chi connectivity index (χ2v) is 8.39. The molecule has 1 saturated heterocycles. The lowest BCUT2D eigenvalue weighted by atomic mass is 10.0. The van der Waals surface area contributed by atoms with E-state index in [4.69, 9.17) is 9.47 Å². The van der Waals surface area contributed by atoms with E-state index in [0.29, 0.717) is 49.8 Å². The van der Waals surface area contributed by atoms with E-state index in [2.05, 4.69) is 17.1 Å². The van der Waals surface area contributed by atoms with Gasteiger partial charge >= 0.3 is 0 Å². The summed E-state index contributed by atoms with van der Waals surface area (Å²) >= 11 is 0. The van der Waals surface area contributed by atoms with E-state index in [1.54, 1.807) is 12.1 Å². The first-order valence-electron chi connectivity index (χ1n) is 11.3. The molecule has 0 unspecified atom stereocenters. The van der Waals surface area contributed by atoms with E-state index < -0.39 is 12.1 Å². The number of aliphatic hydroxyl groups excluding tert-OH is 2.